The van der Waals surface area contributed by atoms with Crippen molar-refractivity contribution in [2.24, 2.45) is 0 Å². The first-order valence-corrected chi connectivity index (χ1v) is 6.98. The van der Waals surface area contributed by atoms with Gasteiger partial charge in [-0.15, -0.1) is 0 Å². The van der Waals surface area contributed by atoms with Gasteiger partial charge in [-0.05, 0) is 49.9 Å². The second-order valence-electron chi connectivity index (χ2n) is 5.44. The summed E-state index contributed by atoms with van der Waals surface area (Å²) in [6.07, 6.45) is 2.39. The van der Waals surface area contributed by atoms with Gasteiger partial charge in [0.1, 0.15) is 0 Å². The maximum Gasteiger partial charge on any atom is 0.0545 e. The summed E-state index contributed by atoms with van der Waals surface area (Å²) in [7, 11) is 0. The molecule has 19 heavy (non-hydrogen) atoms. The van der Waals surface area contributed by atoms with Crippen LogP contribution in [0.5, 0.6) is 0 Å². The molecule has 2 aromatic rings. The number of rotatable bonds is 3. The first kappa shape index (κ1) is 12.4. The maximum atomic E-state index is 4.55. The van der Waals surface area contributed by atoms with Crippen molar-refractivity contribution in [3.05, 3.63) is 64.5 Å². The summed E-state index contributed by atoms with van der Waals surface area (Å²) < 4.78 is 0. The van der Waals surface area contributed by atoms with Crippen LogP contribution in [0.25, 0.3) is 0 Å². The lowest BCUT2D eigenvalue weighted by Crippen LogP contribution is -2.19. The Labute approximate surface area is 114 Å². The molecule has 1 unspecified atom stereocenters. The van der Waals surface area contributed by atoms with Gasteiger partial charge < -0.3 is 5.32 Å². The molecule has 0 fully saturated rings. The Bertz CT molecular complexity index is 590. The quantitative estimate of drug-likeness (QED) is 0.904. The van der Waals surface area contributed by atoms with E-state index in [0.29, 0.717) is 6.04 Å². The van der Waals surface area contributed by atoms with Gasteiger partial charge in [0.05, 0.1) is 5.69 Å². The van der Waals surface area contributed by atoms with Gasteiger partial charge in [-0.3, -0.25) is 4.98 Å². The van der Waals surface area contributed by atoms with Crippen LogP contribution in [-0.4, -0.2) is 4.98 Å². The zero-order valence-corrected chi connectivity index (χ0v) is 11.6. The fourth-order valence-corrected chi connectivity index (χ4v) is 2.86. The topological polar surface area (TPSA) is 24.9 Å². The molecule has 98 valence electrons. The Balaban J connectivity index is 1.71. The van der Waals surface area contributed by atoms with Crippen LogP contribution < -0.4 is 5.32 Å². The molecule has 1 heterocycles. The first-order chi connectivity index (χ1) is 9.22. The molecule has 0 bridgehead atoms. The van der Waals surface area contributed by atoms with Crippen molar-refractivity contribution in [1.82, 2.24) is 10.3 Å². The molecule has 0 saturated carbocycles. The van der Waals surface area contributed by atoms with Crippen LogP contribution in [0.4, 0.5) is 0 Å². The van der Waals surface area contributed by atoms with Crippen LogP contribution in [0, 0.1) is 13.8 Å². The third-order valence-electron chi connectivity index (χ3n) is 3.85. The monoisotopic (exact) mass is 252 g/mol. The third-order valence-corrected chi connectivity index (χ3v) is 3.85. The van der Waals surface area contributed by atoms with Gasteiger partial charge in [0, 0.05) is 18.3 Å². The molecular weight excluding hydrogens is 232 g/mol. The number of aryl methyl sites for hydroxylation is 3. The molecule has 0 radical (unpaired) electrons. The highest BCUT2D eigenvalue weighted by Gasteiger charge is 2.21. The molecular formula is C17H20N2. The summed E-state index contributed by atoms with van der Waals surface area (Å²) in [4.78, 5) is 4.55. The summed E-state index contributed by atoms with van der Waals surface area (Å²) in [5, 5.41) is 3.65. The van der Waals surface area contributed by atoms with Crippen LogP contribution in [0.1, 0.15) is 40.5 Å². The van der Waals surface area contributed by atoms with E-state index < -0.39 is 0 Å². The molecule has 1 aromatic heterocycles. The van der Waals surface area contributed by atoms with Crippen molar-refractivity contribution in [2.75, 3.05) is 0 Å². The maximum absolute atomic E-state index is 4.55. The Morgan fingerprint density at radius 1 is 1.21 bits per heavy atom. The zero-order chi connectivity index (χ0) is 13.2. The molecule has 0 saturated heterocycles. The normalized spacial score (nSPS) is 17.5. The van der Waals surface area contributed by atoms with E-state index in [1.165, 1.54) is 29.5 Å². The molecule has 0 spiro atoms. The minimum atomic E-state index is 0.484. The predicted molar refractivity (Wildman–Crippen MR) is 78.1 cm³/mol. The highest BCUT2D eigenvalue weighted by molar-refractivity contribution is 5.37. The Morgan fingerprint density at radius 2 is 2.11 bits per heavy atom. The minimum absolute atomic E-state index is 0.484. The van der Waals surface area contributed by atoms with Gasteiger partial charge in [0.2, 0.25) is 0 Å². The number of hydrogen-bond acceptors (Lipinski definition) is 2. The number of aromatic nitrogens is 1. The molecule has 2 heteroatoms. The standard InChI is InChI=1S/C17H20N2/c1-12-6-7-14-8-9-17(16(14)10-12)18-11-15-5-3-4-13(2)19-15/h3-7,10,17-18H,8-9,11H2,1-2H3. The van der Waals surface area contributed by atoms with Gasteiger partial charge in [-0.25, -0.2) is 0 Å². The largest absolute Gasteiger partial charge is 0.304 e. The van der Waals surface area contributed by atoms with Crippen LogP contribution in [-0.2, 0) is 13.0 Å². The van der Waals surface area contributed by atoms with E-state index in [9.17, 15) is 0 Å². The lowest BCUT2D eigenvalue weighted by molar-refractivity contribution is 0.524. The summed E-state index contributed by atoms with van der Waals surface area (Å²) >= 11 is 0. The van der Waals surface area contributed by atoms with E-state index in [2.05, 4.69) is 47.6 Å². The van der Waals surface area contributed by atoms with E-state index >= 15 is 0 Å². The smallest absolute Gasteiger partial charge is 0.0545 e. The van der Waals surface area contributed by atoms with Crippen LogP contribution >= 0.6 is 0 Å². The molecule has 0 aliphatic heterocycles. The van der Waals surface area contributed by atoms with E-state index in [4.69, 9.17) is 0 Å². The fourth-order valence-electron chi connectivity index (χ4n) is 2.86. The number of hydrogen-bond donors (Lipinski definition) is 1. The van der Waals surface area contributed by atoms with Crippen molar-refractivity contribution in [2.45, 2.75) is 39.3 Å². The summed E-state index contributed by atoms with van der Waals surface area (Å²) in [6.45, 7) is 5.05. The van der Waals surface area contributed by atoms with Gasteiger partial charge in [0.25, 0.3) is 0 Å². The van der Waals surface area contributed by atoms with E-state index in [1.54, 1.807) is 0 Å². The van der Waals surface area contributed by atoms with E-state index in [0.717, 1.165) is 17.9 Å². The lowest BCUT2D eigenvalue weighted by atomic mass is 10.1. The van der Waals surface area contributed by atoms with Crippen molar-refractivity contribution in [3.63, 3.8) is 0 Å². The van der Waals surface area contributed by atoms with Crippen molar-refractivity contribution in [3.8, 4) is 0 Å². The zero-order valence-electron chi connectivity index (χ0n) is 11.6. The fraction of sp³-hybridized carbons (Fsp3) is 0.353. The molecule has 3 rings (SSSR count). The summed E-state index contributed by atoms with van der Waals surface area (Å²) in [5.74, 6) is 0. The lowest BCUT2D eigenvalue weighted by Gasteiger charge is -2.14. The SMILES string of the molecule is Cc1ccc2c(c1)C(NCc1cccc(C)n1)CC2. The summed E-state index contributed by atoms with van der Waals surface area (Å²) in [5.41, 5.74) is 6.54. The molecule has 1 atom stereocenters. The molecule has 1 aromatic carbocycles. The molecule has 1 aliphatic carbocycles. The number of nitrogens with zero attached hydrogens (tertiary/aromatic N) is 1. The minimum Gasteiger partial charge on any atom is -0.304 e. The highest BCUT2D eigenvalue weighted by Crippen LogP contribution is 2.31. The van der Waals surface area contributed by atoms with Gasteiger partial charge in [-0.2, -0.15) is 0 Å². The van der Waals surface area contributed by atoms with Crippen LogP contribution in [0.15, 0.2) is 36.4 Å². The molecule has 1 N–H and O–H groups in total. The van der Waals surface area contributed by atoms with Gasteiger partial charge in [0.15, 0.2) is 0 Å². The predicted octanol–water partition coefficient (Wildman–Crippen LogP) is 3.48. The number of nitrogens with one attached hydrogen (secondary N) is 1. The van der Waals surface area contributed by atoms with Crippen molar-refractivity contribution < 1.29 is 0 Å². The van der Waals surface area contributed by atoms with Crippen LogP contribution in [0.3, 0.4) is 0 Å². The summed E-state index contributed by atoms with van der Waals surface area (Å²) in [6, 6.07) is 13.5. The Kier molecular flexibility index (Phi) is 3.34. The van der Waals surface area contributed by atoms with E-state index in [1.807, 2.05) is 13.0 Å². The average molecular weight is 252 g/mol. The molecule has 1 aliphatic rings. The number of pyridine rings is 1. The van der Waals surface area contributed by atoms with Crippen LogP contribution in [0.2, 0.25) is 0 Å². The van der Waals surface area contributed by atoms with Gasteiger partial charge >= 0.3 is 0 Å². The number of benzene rings is 1. The number of fused-ring (bicyclic) bond motifs is 1. The molecule has 0 amide bonds. The van der Waals surface area contributed by atoms with Crippen molar-refractivity contribution >= 4 is 0 Å². The highest BCUT2D eigenvalue weighted by atomic mass is 14.9. The second kappa shape index (κ2) is 5.14. The third kappa shape index (κ3) is 2.69. The Hall–Kier alpha value is -1.67. The molecule has 2 nitrogen and oxygen atoms in total. The van der Waals surface area contributed by atoms with E-state index in [-0.39, 0.29) is 0 Å². The average Bonchev–Trinajstić information content (AvgIpc) is 2.79. The Morgan fingerprint density at radius 3 is 2.95 bits per heavy atom. The van der Waals surface area contributed by atoms with Crippen molar-refractivity contribution in [1.29, 1.82) is 0 Å². The first-order valence-electron chi connectivity index (χ1n) is 6.98. The second-order valence-corrected chi connectivity index (χ2v) is 5.44. The van der Waals surface area contributed by atoms with Gasteiger partial charge in [-0.1, -0.05) is 29.8 Å².